The van der Waals surface area contributed by atoms with Crippen molar-refractivity contribution in [2.45, 2.75) is 64.5 Å². The fourth-order valence-electron chi connectivity index (χ4n) is 2.76. The first-order valence-corrected chi connectivity index (χ1v) is 8.99. The predicted octanol–water partition coefficient (Wildman–Crippen LogP) is 3.77. The molecule has 0 spiro atoms. The molecule has 1 fully saturated rings. The number of esters is 1. The van der Waals surface area contributed by atoms with E-state index in [2.05, 4.69) is 5.32 Å². The molecule has 1 saturated carbocycles. The van der Waals surface area contributed by atoms with Crippen LogP contribution in [0, 0.1) is 5.92 Å². The summed E-state index contributed by atoms with van der Waals surface area (Å²) in [7, 11) is 0. The van der Waals surface area contributed by atoms with Crippen LogP contribution in [0.3, 0.4) is 0 Å². The van der Waals surface area contributed by atoms with Gasteiger partial charge in [-0.15, -0.1) is 11.3 Å². The number of thiophene rings is 1. The van der Waals surface area contributed by atoms with Crippen LogP contribution in [0.2, 0.25) is 0 Å². The Bertz CT molecular complexity index is 478. The number of hydrogen-bond acceptors (Lipinski definition) is 4. The molecule has 5 heteroatoms. The Balaban J connectivity index is 1.95. The summed E-state index contributed by atoms with van der Waals surface area (Å²) in [4.78, 5) is 25.1. The van der Waals surface area contributed by atoms with E-state index in [1.165, 1.54) is 17.8 Å². The zero-order valence-corrected chi connectivity index (χ0v) is 14.2. The fraction of sp³-hybridized carbons (Fsp3) is 0.647. The molecule has 2 rings (SSSR count). The van der Waals surface area contributed by atoms with E-state index < -0.39 is 12.1 Å². The molecule has 22 heavy (non-hydrogen) atoms. The molecule has 1 aromatic heterocycles. The second-order valence-corrected chi connectivity index (χ2v) is 7.29. The molecular weight excluding hydrogens is 298 g/mol. The maximum Gasteiger partial charge on any atom is 0.349 e. The van der Waals surface area contributed by atoms with Crippen molar-refractivity contribution in [2.24, 2.45) is 5.92 Å². The lowest BCUT2D eigenvalue weighted by Gasteiger charge is -2.26. The van der Waals surface area contributed by atoms with Gasteiger partial charge in [-0.05, 0) is 36.6 Å². The van der Waals surface area contributed by atoms with Crippen molar-refractivity contribution in [3.05, 3.63) is 22.4 Å². The van der Waals surface area contributed by atoms with Gasteiger partial charge in [-0.2, -0.15) is 0 Å². The van der Waals surface area contributed by atoms with Crippen molar-refractivity contribution >= 4 is 23.2 Å². The Morgan fingerprint density at radius 2 is 2.05 bits per heavy atom. The highest BCUT2D eigenvalue weighted by atomic mass is 32.1. The van der Waals surface area contributed by atoms with E-state index in [-0.39, 0.29) is 11.9 Å². The summed E-state index contributed by atoms with van der Waals surface area (Å²) in [5.41, 5.74) is 0. The van der Waals surface area contributed by atoms with Gasteiger partial charge in [-0.25, -0.2) is 4.79 Å². The highest BCUT2D eigenvalue weighted by molar-refractivity contribution is 7.11. The van der Waals surface area contributed by atoms with Gasteiger partial charge in [-0.3, -0.25) is 4.79 Å². The molecule has 1 aliphatic rings. The molecule has 0 aliphatic heterocycles. The minimum atomic E-state index is -0.698. The van der Waals surface area contributed by atoms with Crippen molar-refractivity contribution < 1.29 is 14.3 Å². The van der Waals surface area contributed by atoms with Crippen molar-refractivity contribution in [1.29, 1.82) is 0 Å². The van der Waals surface area contributed by atoms with Gasteiger partial charge in [-0.1, -0.05) is 39.2 Å². The lowest BCUT2D eigenvalue weighted by Crippen LogP contribution is -2.44. The Morgan fingerprint density at radius 3 is 2.64 bits per heavy atom. The third kappa shape index (κ3) is 5.13. The third-order valence-corrected chi connectivity index (χ3v) is 4.75. The lowest BCUT2D eigenvalue weighted by molar-refractivity contribution is -0.131. The fourth-order valence-corrected chi connectivity index (χ4v) is 3.37. The first kappa shape index (κ1) is 17.0. The van der Waals surface area contributed by atoms with Crippen LogP contribution in [0.4, 0.5) is 0 Å². The zero-order valence-electron chi connectivity index (χ0n) is 13.3. The summed E-state index contributed by atoms with van der Waals surface area (Å²) < 4.78 is 5.47. The second-order valence-electron chi connectivity index (χ2n) is 6.34. The molecule has 1 heterocycles. The lowest BCUT2D eigenvalue weighted by atomic mass is 9.95. The quantitative estimate of drug-likeness (QED) is 0.811. The third-order valence-electron chi connectivity index (χ3n) is 3.90. The summed E-state index contributed by atoms with van der Waals surface area (Å²) in [5.74, 6) is -0.261. The summed E-state index contributed by atoms with van der Waals surface area (Å²) >= 11 is 1.33. The second kappa shape index (κ2) is 8.32. The van der Waals surface area contributed by atoms with Gasteiger partial charge in [0.2, 0.25) is 0 Å². The van der Waals surface area contributed by atoms with Crippen molar-refractivity contribution in [3.8, 4) is 0 Å². The van der Waals surface area contributed by atoms with Crippen LogP contribution in [0.15, 0.2) is 17.5 Å². The normalized spacial score (nSPS) is 17.2. The average Bonchev–Trinajstić information content (AvgIpc) is 3.01. The predicted molar refractivity (Wildman–Crippen MR) is 88.0 cm³/mol. The van der Waals surface area contributed by atoms with E-state index in [4.69, 9.17) is 4.74 Å². The SMILES string of the molecule is CC(C)C[C@@H](OC(=O)c1cccs1)C(=O)NC1CCCCC1. The monoisotopic (exact) mass is 323 g/mol. The van der Waals surface area contributed by atoms with Crippen LogP contribution in [0.5, 0.6) is 0 Å². The van der Waals surface area contributed by atoms with Crippen LogP contribution in [0.25, 0.3) is 0 Å². The summed E-state index contributed by atoms with van der Waals surface area (Å²) in [6.45, 7) is 4.06. The smallest absolute Gasteiger partial charge is 0.349 e. The van der Waals surface area contributed by atoms with Crippen molar-refractivity contribution in [2.75, 3.05) is 0 Å². The van der Waals surface area contributed by atoms with Gasteiger partial charge in [0.1, 0.15) is 4.88 Å². The number of ether oxygens (including phenoxy) is 1. The van der Waals surface area contributed by atoms with E-state index >= 15 is 0 Å². The van der Waals surface area contributed by atoms with Crippen LogP contribution in [-0.2, 0) is 9.53 Å². The first-order valence-electron chi connectivity index (χ1n) is 8.11. The van der Waals surface area contributed by atoms with Crippen LogP contribution in [0.1, 0.15) is 62.0 Å². The zero-order chi connectivity index (χ0) is 15.9. The van der Waals surface area contributed by atoms with Gasteiger partial charge in [0.05, 0.1) is 0 Å². The Morgan fingerprint density at radius 1 is 1.32 bits per heavy atom. The Kier molecular flexibility index (Phi) is 6.43. The molecule has 4 nitrogen and oxygen atoms in total. The van der Waals surface area contributed by atoms with E-state index in [0.717, 1.165) is 25.7 Å². The molecule has 122 valence electrons. The van der Waals surface area contributed by atoms with Gasteiger partial charge in [0.15, 0.2) is 6.10 Å². The van der Waals surface area contributed by atoms with Gasteiger partial charge in [0, 0.05) is 6.04 Å². The molecule has 0 saturated heterocycles. The van der Waals surface area contributed by atoms with E-state index in [0.29, 0.717) is 17.2 Å². The summed E-state index contributed by atoms with van der Waals surface area (Å²) in [6, 6.07) is 3.76. The first-order chi connectivity index (χ1) is 10.6. The standard InChI is InChI=1S/C17H25NO3S/c1-12(2)11-14(21-17(20)15-9-6-10-22-15)16(19)18-13-7-4-3-5-8-13/h6,9-10,12-14H,3-5,7-8,11H2,1-2H3,(H,18,19)/t14-/m1/s1. The number of amides is 1. The molecule has 1 aliphatic carbocycles. The number of carbonyl (C=O) groups is 2. The van der Waals surface area contributed by atoms with Crippen LogP contribution >= 0.6 is 11.3 Å². The molecule has 0 radical (unpaired) electrons. The van der Waals surface area contributed by atoms with E-state index in [1.54, 1.807) is 12.1 Å². The summed E-state index contributed by atoms with van der Waals surface area (Å²) in [6.07, 6.45) is 5.48. The number of rotatable bonds is 6. The highest BCUT2D eigenvalue weighted by Gasteiger charge is 2.27. The number of hydrogen-bond donors (Lipinski definition) is 1. The molecule has 1 aromatic rings. The molecule has 1 N–H and O–H groups in total. The van der Waals surface area contributed by atoms with Crippen LogP contribution < -0.4 is 5.32 Å². The maximum absolute atomic E-state index is 12.5. The van der Waals surface area contributed by atoms with Gasteiger partial charge in [0.25, 0.3) is 5.91 Å². The molecule has 1 atom stereocenters. The van der Waals surface area contributed by atoms with E-state index in [1.807, 2.05) is 19.2 Å². The maximum atomic E-state index is 12.5. The highest BCUT2D eigenvalue weighted by Crippen LogP contribution is 2.19. The largest absolute Gasteiger partial charge is 0.448 e. The molecule has 1 amide bonds. The molecule has 0 aromatic carbocycles. The van der Waals surface area contributed by atoms with Gasteiger partial charge < -0.3 is 10.1 Å². The molecule has 0 bridgehead atoms. The van der Waals surface area contributed by atoms with Crippen molar-refractivity contribution in [3.63, 3.8) is 0 Å². The summed E-state index contributed by atoms with van der Waals surface area (Å²) in [5, 5.41) is 4.89. The van der Waals surface area contributed by atoms with Gasteiger partial charge >= 0.3 is 5.97 Å². The molecule has 0 unspecified atom stereocenters. The van der Waals surface area contributed by atoms with Crippen LogP contribution in [-0.4, -0.2) is 24.0 Å². The number of carbonyl (C=O) groups excluding carboxylic acids is 2. The molecular formula is C17H25NO3S. The minimum absolute atomic E-state index is 0.148. The topological polar surface area (TPSA) is 55.4 Å². The Hall–Kier alpha value is -1.36. The number of nitrogens with one attached hydrogen (secondary N) is 1. The Labute approximate surface area is 136 Å². The minimum Gasteiger partial charge on any atom is -0.448 e. The van der Waals surface area contributed by atoms with E-state index in [9.17, 15) is 9.59 Å². The average molecular weight is 323 g/mol. The van der Waals surface area contributed by atoms with Crippen molar-refractivity contribution in [1.82, 2.24) is 5.32 Å².